The second kappa shape index (κ2) is 7.42. The molecule has 7 heteroatoms. The highest BCUT2D eigenvalue weighted by Gasteiger charge is 2.21. The smallest absolute Gasteiger partial charge is 0.410 e. The summed E-state index contributed by atoms with van der Waals surface area (Å²) in [5.41, 5.74) is 0. The first kappa shape index (κ1) is 15.7. The van der Waals surface area contributed by atoms with Gasteiger partial charge in [-0.25, -0.2) is 14.8 Å². The molecule has 1 aromatic carbocycles. The zero-order valence-electron chi connectivity index (χ0n) is 13.1. The summed E-state index contributed by atoms with van der Waals surface area (Å²) in [6.07, 6.45) is 2.03. The molecule has 7 nitrogen and oxygen atoms in total. The molecule has 1 fully saturated rings. The summed E-state index contributed by atoms with van der Waals surface area (Å²) in [6, 6.07) is 12.8. The van der Waals surface area contributed by atoms with Crippen LogP contribution in [0.4, 0.5) is 10.6 Å². The summed E-state index contributed by atoms with van der Waals surface area (Å²) >= 11 is 0. The number of benzene rings is 1. The first-order valence-electron chi connectivity index (χ1n) is 7.76. The number of amides is 1. The minimum atomic E-state index is -0.344. The van der Waals surface area contributed by atoms with E-state index < -0.39 is 0 Å². The van der Waals surface area contributed by atoms with Crippen LogP contribution in [-0.2, 0) is 0 Å². The van der Waals surface area contributed by atoms with Crippen LogP contribution in [0.5, 0.6) is 5.75 Å². The predicted molar refractivity (Wildman–Crippen MR) is 87.6 cm³/mol. The number of hydrogen-bond acceptors (Lipinski definition) is 6. The van der Waals surface area contributed by atoms with Gasteiger partial charge in [-0.3, -0.25) is 0 Å². The number of para-hydroxylation sites is 1. The van der Waals surface area contributed by atoms with Crippen molar-refractivity contribution in [3.05, 3.63) is 48.4 Å². The highest BCUT2D eigenvalue weighted by atomic mass is 16.6. The van der Waals surface area contributed by atoms with E-state index in [0.29, 0.717) is 31.2 Å². The fourth-order valence-electron chi connectivity index (χ4n) is 2.56. The lowest BCUT2D eigenvalue weighted by Gasteiger charge is -2.22. The molecule has 1 aromatic heterocycles. The maximum atomic E-state index is 12.3. The molecular formula is C17H17N5O2. The fraction of sp³-hybridized carbons (Fsp3) is 0.294. The van der Waals surface area contributed by atoms with Gasteiger partial charge in [0.25, 0.3) is 0 Å². The standard InChI is InChI=1S/C17H17N5O2/c18-13-15-19-8-7-16(20-15)21-9-4-10-22(12-11-21)17(23)24-14-5-2-1-3-6-14/h1-3,5-8H,4,9-12H2. The summed E-state index contributed by atoms with van der Waals surface area (Å²) in [6.45, 7) is 2.55. The van der Waals surface area contributed by atoms with Crippen LogP contribution in [0, 0.1) is 11.3 Å². The van der Waals surface area contributed by atoms with E-state index in [1.165, 1.54) is 0 Å². The zero-order valence-corrected chi connectivity index (χ0v) is 13.1. The van der Waals surface area contributed by atoms with E-state index >= 15 is 0 Å². The molecule has 2 aromatic rings. The third-order valence-corrected chi connectivity index (χ3v) is 3.77. The molecule has 0 N–H and O–H groups in total. The van der Waals surface area contributed by atoms with Gasteiger partial charge in [0.15, 0.2) is 0 Å². The molecule has 3 rings (SSSR count). The summed E-state index contributed by atoms with van der Waals surface area (Å²) in [7, 11) is 0. The van der Waals surface area contributed by atoms with Crippen LogP contribution in [0.1, 0.15) is 12.2 Å². The number of anilines is 1. The van der Waals surface area contributed by atoms with Crippen LogP contribution in [0.15, 0.2) is 42.6 Å². The SMILES string of the molecule is N#Cc1nccc(N2CCCN(C(=O)Oc3ccccc3)CC2)n1. The van der Waals surface area contributed by atoms with Crippen LogP contribution >= 0.6 is 0 Å². The number of carbonyl (C=O) groups excluding carboxylic acids is 1. The Labute approximate surface area is 140 Å². The van der Waals surface area contributed by atoms with Gasteiger partial charge in [-0.05, 0) is 24.6 Å². The van der Waals surface area contributed by atoms with E-state index in [0.717, 1.165) is 13.0 Å². The van der Waals surface area contributed by atoms with Gasteiger partial charge in [0, 0.05) is 32.4 Å². The number of rotatable bonds is 2. The molecule has 0 radical (unpaired) electrons. The number of carbonyl (C=O) groups is 1. The minimum Gasteiger partial charge on any atom is -0.410 e. The van der Waals surface area contributed by atoms with Crippen molar-refractivity contribution in [3.8, 4) is 11.8 Å². The Morgan fingerprint density at radius 1 is 1.12 bits per heavy atom. The molecule has 0 atom stereocenters. The number of ether oxygens (including phenoxy) is 1. The van der Waals surface area contributed by atoms with Crippen molar-refractivity contribution in [3.63, 3.8) is 0 Å². The third-order valence-electron chi connectivity index (χ3n) is 3.77. The van der Waals surface area contributed by atoms with Gasteiger partial charge in [-0.15, -0.1) is 0 Å². The summed E-state index contributed by atoms with van der Waals surface area (Å²) in [5, 5.41) is 8.91. The van der Waals surface area contributed by atoms with Crippen LogP contribution in [0.2, 0.25) is 0 Å². The maximum Gasteiger partial charge on any atom is 0.415 e. The molecule has 2 heterocycles. The largest absolute Gasteiger partial charge is 0.415 e. The molecule has 1 saturated heterocycles. The number of nitrogens with zero attached hydrogens (tertiary/aromatic N) is 5. The van der Waals surface area contributed by atoms with Gasteiger partial charge in [0.2, 0.25) is 5.82 Å². The molecule has 0 spiro atoms. The topological polar surface area (TPSA) is 82.4 Å². The van der Waals surface area contributed by atoms with Gasteiger partial charge in [0.1, 0.15) is 17.6 Å². The van der Waals surface area contributed by atoms with E-state index in [1.54, 1.807) is 29.3 Å². The first-order valence-corrected chi connectivity index (χ1v) is 7.76. The van der Waals surface area contributed by atoms with Crippen LogP contribution < -0.4 is 9.64 Å². The zero-order chi connectivity index (χ0) is 16.8. The molecule has 1 amide bonds. The van der Waals surface area contributed by atoms with E-state index in [9.17, 15) is 4.79 Å². The van der Waals surface area contributed by atoms with Gasteiger partial charge in [-0.2, -0.15) is 5.26 Å². The summed E-state index contributed by atoms with van der Waals surface area (Å²) < 4.78 is 5.39. The lowest BCUT2D eigenvalue weighted by Crippen LogP contribution is -2.37. The van der Waals surface area contributed by atoms with Crippen molar-refractivity contribution in [2.45, 2.75) is 6.42 Å². The quantitative estimate of drug-likeness (QED) is 0.841. The Kier molecular flexibility index (Phi) is 4.87. The van der Waals surface area contributed by atoms with Crippen molar-refractivity contribution in [1.29, 1.82) is 5.26 Å². The third kappa shape index (κ3) is 3.79. The number of nitriles is 1. The molecule has 1 aliphatic heterocycles. The van der Waals surface area contributed by atoms with Crippen molar-refractivity contribution < 1.29 is 9.53 Å². The Morgan fingerprint density at radius 3 is 2.75 bits per heavy atom. The Balaban J connectivity index is 1.62. The van der Waals surface area contributed by atoms with Crippen LogP contribution in [0.25, 0.3) is 0 Å². The predicted octanol–water partition coefficient (Wildman–Crippen LogP) is 2.06. The fourth-order valence-corrected chi connectivity index (χ4v) is 2.56. The van der Waals surface area contributed by atoms with Crippen molar-refractivity contribution in [1.82, 2.24) is 14.9 Å². The molecule has 122 valence electrons. The minimum absolute atomic E-state index is 0.150. The Morgan fingerprint density at radius 2 is 1.96 bits per heavy atom. The van der Waals surface area contributed by atoms with Crippen LogP contribution in [0.3, 0.4) is 0 Å². The molecular weight excluding hydrogens is 306 g/mol. The summed E-state index contributed by atoms with van der Waals surface area (Å²) in [5.74, 6) is 1.40. The lowest BCUT2D eigenvalue weighted by molar-refractivity contribution is 0.155. The number of hydrogen-bond donors (Lipinski definition) is 0. The second-order valence-corrected chi connectivity index (χ2v) is 5.36. The highest BCUT2D eigenvalue weighted by Crippen LogP contribution is 2.15. The molecule has 0 unspecified atom stereocenters. The van der Waals surface area contributed by atoms with E-state index in [1.807, 2.05) is 24.3 Å². The van der Waals surface area contributed by atoms with Crippen molar-refractivity contribution in [2.24, 2.45) is 0 Å². The van der Waals surface area contributed by atoms with Gasteiger partial charge in [0.05, 0.1) is 0 Å². The lowest BCUT2D eigenvalue weighted by atomic mass is 10.3. The van der Waals surface area contributed by atoms with Gasteiger partial charge in [-0.1, -0.05) is 18.2 Å². The van der Waals surface area contributed by atoms with E-state index in [2.05, 4.69) is 14.9 Å². The van der Waals surface area contributed by atoms with Crippen molar-refractivity contribution >= 4 is 11.9 Å². The van der Waals surface area contributed by atoms with Crippen molar-refractivity contribution in [2.75, 3.05) is 31.1 Å². The molecule has 24 heavy (non-hydrogen) atoms. The van der Waals surface area contributed by atoms with E-state index in [4.69, 9.17) is 10.00 Å². The monoisotopic (exact) mass is 323 g/mol. The second-order valence-electron chi connectivity index (χ2n) is 5.36. The maximum absolute atomic E-state index is 12.3. The summed E-state index contributed by atoms with van der Waals surface area (Å²) in [4.78, 5) is 24.1. The average molecular weight is 323 g/mol. The Bertz CT molecular complexity index is 744. The van der Waals surface area contributed by atoms with Gasteiger partial charge < -0.3 is 14.5 Å². The Hall–Kier alpha value is -3.14. The molecule has 1 aliphatic rings. The number of aromatic nitrogens is 2. The van der Waals surface area contributed by atoms with Gasteiger partial charge >= 0.3 is 6.09 Å². The average Bonchev–Trinajstić information content (AvgIpc) is 2.89. The highest BCUT2D eigenvalue weighted by molar-refractivity contribution is 5.70. The normalized spacial score (nSPS) is 14.6. The first-order chi connectivity index (χ1) is 11.8. The van der Waals surface area contributed by atoms with E-state index in [-0.39, 0.29) is 11.9 Å². The molecule has 0 bridgehead atoms. The van der Waals surface area contributed by atoms with Crippen LogP contribution in [-0.4, -0.2) is 47.1 Å². The molecule has 0 aliphatic carbocycles. The molecule has 0 saturated carbocycles.